The predicted octanol–water partition coefficient (Wildman–Crippen LogP) is 1.90. The quantitative estimate of drug-likeness (QED) is 0.694. The fourth-order valence-corrected chi connectivity index (χ4v) is 3.08. The minimum atomic E-state index is -0.865. The van der Waals surface area contributed by atoms with Crippen molar-refractivity contribution < 1.29 is 14.7 Å². The molecule has 2 atom stereocenters. The zero-order valence-corrected chi connectivity index (χ0v) is 12.9. The van der Waals surface area contributed by atoms with Gasteiger partial charge in [-0.1, -0.05) is 26.7 Å². The first-order valence-corrected chi connectivity index (χ1v) is 7.60. The molecule has 0 aromatic carbocycles. The number of hydrogen-bond acceptors (Lipinski definition) is 3. The van der Waals surface area contributed by atoms with Crippen LogP contribution in [0.3, 0.4) is 0 Å². The summed E-state index contributed by atoms with van der Waals surface area (Å²) in [5.41, 5.74) is 4.35. The van der Waals surface area contributed by atoms with Gasteiger partial charge >= 0.3 is 5.97 Å². The number of carbonyl (C=O) groups excluding carboxylic acids is 1. The number of carboxylic acids is 1. The number of carboxylic acid groups (broad SMARTS) is 1. The summed E-state index contributed by atoms with van der Waals surface area (Å²) in [6, 6.07) is -0.301. The highest BCUT2D eigenvalue weighted by molar-refractivity contribution is 5.84. The van der Waals surface area contributed by atoms with Crippen molar-refractivity contribution in [2.45, 2.75) is 65.3 Å². The first kappa shape index (κ1) is 17.0. The molecule has 0 radical (unpaired) electrons. The lowest BCUT2D eigenvalue weighted by atomic mass is 9.71. The molecule has 0 heterocycles. The summed E-state index contributed by atoms with van der Waals surface area (Å²) < 4.78 is 0. The lowest BCUT2D eigenvalue weighted by Gasteiger charge is -2.40. The van der Waals surface area contributed by atoms with E-state index >= 15 is 0 Å². The van der Waals surface area contributed by atoms with Crippen molar-refractivity contribution in [3.05, 3.63) is 0 Å². The van der Waals surface area contributed by atoms with Crippen molar-refractivity contribution in [2.75, 3.05) is 6.54 Å². The molecular weight excluding hydrogens is 256 g/mol. The Kier molecular flexibility index (Phi) is 5.57. The van der Waals surface area contributed by atoms with Crippen LogP contribution in [0.15, 0.2) is 0 Å². The third kappa shape index (κ3) is 2.97. The molecule has 1 saturated carbocycles. The predicted molar refractivity (Wildman–Crippen MR) is 78.2 cm³/mol. The summed E-state index contributed by atoms with van der Waals surface area (Å²) in [6.07, 6.45) is 4.54. The first-order chi connectivity index (χ1) is 9.36. The third-order valence-corrected chi connectivity index (χ3v) is 5.23. The molecule has 1 rings (SSSR count). The summed E-state index contributed by atoms with van der Waals surface area (Å²) in [6.45, 7) is 5.93. The number of carbonyl (C=O) groups is 2. The maximum absolute atomic E-state index is 12.6. The second-order valence-electron chi connectivity index (χ2n) is 6.19. The second kappa shape index (κ2) is 6.57. The van der Waals surface area contributed by atoms with Crippen molar-refractivity contribution in [3.63, 3.8) is 0 Å². The van der Waals surface area contributed by atoms with E-state index < -0.39 is 16.8 Å². The lowest BCUT2D eigenvalue weighted by molar-refractivity contribution is -0.152. The molecule has 0 bridgehead atoms. The highest BCUT2D eigenvalue weighted by atomic mass is 16.4. The average molecular weight is 284 g/mol. The van der Waals surface area contributed by atoms with Gasteiger partial charge < -0.3 is 16.2 Å². The van der Waals surface area contributed by atoms with Crippen molar-refractivity contribution in [2.24, 2.45) is 16.6 Å². The van der Waals surface area contributed by atoms with Crippen LogP contribution in [-0.2, 0) is 9.59 Å². The van der Waals surface area contributed by atoms with Crippen LogP contribution in [0, 0.1) is 10.8 Å². The van der Waals surface area contributed by atoms with E-state index in [4.69, 9.17) is 5.73 Å². The zero-order chi connectivity index (χ0) is 15.4. The standard InChI is InChI=1S/C15H28N2O3/c1-4-15(5-2,10-16)12(18)17-11-8-6-7-9-14(11,3)13(19)20/h11H,4-10,16H2,1-3H3,(H,17,18)(H,19,20). The van der Waals surface area contributed by atoms with Crippen LogP contribution in [-0.4, -0.2) is 29.6 Å². The van der Waals surface area contributed by atoms with Gasteiger partial charge in [0, 0.05) is 12.6 Å². The third-order valence-electron chi connectivity index (χ3n) is 5.23. The largest absolute Gasteiger partial charge is 0.481 e. The molecule has 4 N–H and O–H groups in total. The van der Waals surface area contributed by atoms with Gasteiger partial charge in [0.1, 0.15) is 0 Å². The van der Waals surface area contributed by atoms with Crippen LogP contribution < -0.4 is 11.1 Å². The molecular formula is C15H28N2O3. The SMILES string of the molecule is CCC(CC)(CN)C(=O)NC1CCCCC1(C)C(=O)O. The minimum absolute atomic E-state index is 0.0932. The van der Waals surface area contributed by atoms with E-state index in [0.29, 0.717) is 25.8 Å². The molecule has 0 spiro atoms. The molecule has 1 aliphatic rings. The van der Waals surface area contributed by atoms with Crippen LogP contribution in [0.5, 0.6) is 0 Å². The van der Waals surface area contributed by atoms with E-state index in [9.17, 15) is 14.7 Å². The number of nitrogens with two attached hydrogens (primary N) is 1. The van der Waals surface area contributed by atoms with Crippen molar-refractivity contribution in [1.82, 2.24) is 5.32 Å². The molecule has 5 nitrogen and oxygen atoms in total. The second-order valence-corrected chi connectivity index (χ2v) is 6.19. The average Bonchev–Trinajstić information content (AvgIpc) is 2.44. The summed E-state index contributed by atoms with van der Waals surface area (Å²) >= 11 is 0. The molecule has 2 unspecified atom stereocenters. The normalized spacial score (nSPS) is 27.1. The van der Waals surface area contributed by atoms with Gasteiger partial charge in [0.2, 0.25) is 5.91 Å². The molecule has 1 fully saturated rings. The highest BCUT2D eigenvalue weighted by Crippen LogP contribution is 2.37. The maximum atomic E-state index is 12.6. The van der Waals surface area contributed by atoms with Crippen LogP contribution >= 0.6 is 0 Å². The van der Waals surface area contributed by atoms with Gasteiger partial charge in [-0.25, -0.2) is 0 Å². The van der Waals surface area contributed by atoms with Gasteiger partial charge in [-0.3, -0.25) is 9.59 Å². The fraction of sp³-hybridized carbons (Fsp3) is 0.867. The monoisotopic (exact) mass is 284 g/mol. The van der Waals surface area contributed by atoms with E-state index in [1.807, 2.05) is 13.8 Å². The number of amides is 1. The molecule has 116 valence electrons. The molecule has 1 amide bonds. The van der Waals surface area contributed by atoms with Gasteiger partial charge in [-0.15, -0.1) is 0 Å². The Balaban J connectivity index is 2.89. The molecule has 0 aliphatic heterocycles. The van der Waals surface area contributed by atoms with E-state index in [-0.39, 0.29) is 11.9 Å². The lowest BCUT2D eigenvalue weighted by Crippen LogP contribution is -2.56. The Labute approximate surface area is 121 Å². The van der Waals surface area contributed by atoms with E-state index in [0.717, 1.165) is 19.3 Å². The van der Waals surface area contributed by atoms with Gasteiger partial charge in [0.05, 0.1) is 10.8 Å². The van der Waals surface area contributed by atoms with Crippen molar-refractivity contribution >= 4 is 11.9 Å². The fourth-order valence-electron chi connectivity index (χ4n) is 3.08. The van der Waals surface area contributed by atoms with E-state index in [1.54, 1.807) is 6.92 Å². The van der Waals surface area contributed by atoms with Gasteiger partial charge in [0.25, 0.3) is 0 Å². The van der Waals surface area contributed by atoms with Crippen LogP contribution in [0.4, 0.5) is 0 Å². The van der Waals surface area contributed by atoms with Gasteiger partial charge in [-0.2, -0.15) is 0 Å². The van der Waals surface area contributed by atoms with Crippen molar-refractivity contribution in [1.29, 1.82) is 0 Å². The number of nitrogens with one attached hydrogen (secondary N) is 1. The summed E-state index contributed by atoms with van der Waals surface area (Å²) in [5.74, 6) is -0.918. The van der Waals surface area contributed by atoms with Crippen LogP contribution in [0.1, 0.15) is 59.3 Å². The Bertz CT molecular complexity index is 358. The van der Waals surface area contributed by atoms with E-state index in [2.05, 4.69) is 5.32 Å². The van der Waals surface area contributed by atoms with Gasteiger partial charge in [-0.05, 0) is 32.6 Å². The Morgan fingerprint density at radius 3 is 2.40 bits per heavy atom. The minimum Gasteiger partial charge on any atom is -0.481 e. The number of aliphatic carboxylic acids is 1. The molecule has 0 aromatic heterocycles. The van der Waals surface area contributed by atoms with E-state index in [1.165, 1.54) is 0 Å². The zero-order valence-electron chi connectivity index (χ0n) is 12.9. The molecule has 5 heteroatoms. The Hall–Kier alpha value is -1.10. The maximum Gasteiger partial charge on any atom is 0.311 e. The van der Waals surface area contributed by atoms with Crippen LogP contribution in [0.25, 0.3) is 0 Å². The van der Waals surface area contributed by atoms with Crippen LogP contribution in [0.2, 0.25) is 0 Å². The Morgan fingerprint density at radius 1 is 1.35 bits per heavy atom. The summed E-state index contributed by atoms with van der Waals surface area (Å²) in [7, 11) is 0. The number of rotatable bonds is 6. The van der Waals surface area contributed by atoms with Crippen molar-refractivity contribution in [3.8, 4) is 0 Å². The molecule has 0 aromatic rings. The van der Waals surface area contributed by atoms with Gasteiger partial charge in [0.15, 0.2) is 0 Å². The smallest absolute Gasteiger partial charge is 0.311 e. The highest BCUT2D eigenvalue weighted by Gasteiger charge is 2.45. The topological polar surface area (TPSA) is 92.4 Å². The molecule has 20 heavy (non-hydrogen) atoms. The number of hydrogen-bond donors (Lipinski definition) is 3. The molecule has 1 aliphatic carbocycles. The summed E-state index contributed by atoms with van der Waals surface area (Å²) in [4.78, 5) is 24.1. The summed E-state index contributed by atoms with van der Waals surface area (Å²) in [5, 5.41) is 12.5. The molecule has 0 saturated heterocycles. The Morgan fingerprint density at radius 2 is 1.95 bits per heavy atom. The first-order valence-electron chi connectivity index (χ1n) is 7.60.